The molecule has 0 aromatic carbocycles. The van der Waals surface area contributed by atoms with Gasteiger partial charge in [-0.05, 0) is 31.7 Å². The van der Waals surface area contributed by atoms with Gasteiger partial charge in [-0.1, -0.05) is 19.3 Å². The van der Waals surface area contributed by atoms with Gasteiger partial charge in [0.2, 0.25) is 5.91 Å². The smallest absolute Gasteiger partial charge is 0.354 e. The first-order valence-electron chi connectivity index (χ1n) is 11.3. The molecule has 3 heterocycles. The second-order valence-electron chi connectivity index (χ2n) is 8.68. The van der Waals surface area contributed by atoms with Crippen molar-refractivity contribution in [1.29, 1.82) is 0 Å². The van der Waals surface area contributed by atoms with E-state index in [4.69, 9.17) is 4.74 Å². The molecular formula is C23H30N4O4S. The molecule has 2 aromatic rings. The Morgan fingerprint density at radius 2 is 1.84 bits per heavy atom. The number of piperidine rings is 1. The molecule has 1 aliphatic heterocycles. The fourth-order valence-electron chi connectivity index (χ4n) is 4.67. The van der Waals surface area contributed by atoms with Gasteiger partial charge in [-0.25, -0.2) is 9.78 Å². The van der Waals surface area contributed by atoms with E-state index in [1.807, 2.05) is 4.90 Å². The summed E-state index contributed by atoms with van der Waals surface area (Å²) >= 11 is 1.49. The Kier molecular flexibility index (Phi) is 6.93. The SMILES string of the molecule is COC(=O)c1cc(NC(=O)c2csc(C3CCN(C(=O)C4CCCCC4)CC3)n2)cn1C. The number of methoxy groups -OCH3 is 1. The zero-order valence-corrected chi connectivity index (χ0v) is 19.5. The zero-order valence-electron chi connectivity index (χ0n) is 18.6. The second-order valence-corrected chi connectivity index (χ2v) is 9.57. The van der Waals surface area contributed by atoms with Crippen LogP contribution in [0.4, 0.5) is 5.69 Å². The van der Waals surface area contributed by atoms with Gasteiger partial charge in [0.05, 0.1) is 17.8 Å². The molecule has 1 saturated carbocycles. The van der Waals surface area contributed by atoms with Gasteiger partial charge >= 0.3 is 5.97 Å². The van der Waals surface area contributed by atoms with E-state index in [0.717, 1.165) is 43.8 Å². The molecule has 2 aliphatic rings. The highest BCUT2D eigenvalue weighted by Gasteiger charge is 2.30. The van der Waals surface area contributed by atoms with Gasteiger partial charge in [-0.15, -0.1) is 11.3 Å². The number of carbonyl (C=O) groups excluding carboxylic acids is 3. The van der Waals surface area contributed by atoms with Crippen molar-refractivity contribution in [2.24, 2.45) is 13.0 Å². The van der Waals surface area contributed by atoms with Crippen LogP contribution < -0.4 is 5.32 Å². The normalized spacial score (nSPS) is 17.9. The highest BCUT2D eigenvalue weighted by atomic mass is 32.1. The van der Waals surface area contributed by atoms with E-state index in [1.54, 1.807) is 29.3 Å². The van der Waals surface area contributed by atoms with Crippen molar-refractivity contribution in [2.45, 2.75) is 50.9 Å². The number of hydrogen-bond acceptors (Lipinski definition) is 6. The van der Waals surface area contributed by atoms with Crippen LogP contribution in [0, 0.1) is 5.92 Å². The number of hydrogen-bond donors (Lipinski definition) is 1. The molecule has 2 fully saturated rings. The molecule has 0 spiro atoms. The maximum absolute atomic E-state index is 12.8. The van der Waals surface area contributed by atoms with E-state index >= 15 is 0 Å². The third-order valence-corrected chi connectivity index (χ3v) is 7.53. The average molecular weight is 459 g/mol. The Bertz CT molecular complexity index is 984. The molecule has 0 atom stereocenters. The molecule has 9 heteroatoms. The molecule has 8 nitrogen and oxygen atoms in total. The summed E-state index contributed by atoms with van der Waals surface area (Å²) in [6.07, 6.45) is 9.09. The molecule has 1 aliphatic carbocycles. The Morgan fingerprint density at radius 3 is 2.53 bits per heavy atom. The predicted molar refractivity (Wildman–Crippen MR) is 122 cm³/mol. The van der Waals surface area contributed by atoms with Crippen molar-refractivity contribution in [2.75, 3.05) is 25.5 Å². The van der Waals surface area contributed by atoms with E-state index in [9.17, 15) is 14.4 Å². The lowest BCUT2D eigenvalue weighted by molar-refractivity contribution is -0.137. The van der Waals surface area contributed by atoms with Crippen LogP contribution in [0.15, 0.2) is 17.6 Å². The van der Waals surface area contributed by atoms with Crippen molar-refractivity contribution >= 4 is 34.8 Å². The molecular weight excluding hydrogens is 428 g/mol. The van der Waals surface area contributed by atoms with Gasteiger partial charge < -0.3 is 19.5 Å². The van der Waals surface area contributed by atoms with Crippen LogP contribution in [0.1, 0.15) is 76.8 Å². The van der Waals surface area contributed by atoms with Crippen LogP contribution in [0.3, 0.4) is 0 Å². The number of likely N-dealkylation sites (tertiary alicyclic amines) is 1. The van der Waals surface area contributed by atoms with E-state index in [0.29, 0.717) is 23.0 Å². The van der Waals surface area contributed by atoms with E-state index < -0.39 is 5.97 Å². The second kappa shape index (κ2) is 9.85. The molecule has 1 saturated heterocycles. The van der Waals surface area contributed by atoms with Gasteiger partial charge in [0.25, 0.3) is 5.91 Å². The number of aryl methyl sites for hydroxylation is 1. The largest absolute Gasteiger partial charge is 0.464 e. The molecule has 0 radical (unpaired) electrons. The summed E-state index contributed by atoms with van der Waals surface area (Å²) in [5, 5.41) is 5.52. The highest BCUT2D eigenvalue weighted by Crippen LogP contribution is 2.33. The van der Waals surface area contributed by atoms with Gasteiger partial charge in [-0.3, -0.25) is 9.59 Å². The predicted octanol–water partition coefficient (Wildman–Crippen LogP) is 3.81. The first-order chi connectivity index (χ1) is 15.5. The standard InChI is InChI=1S/C23H30N4O4S/c1-26-13-17(12-19(26)23(30)31-2)24-20(28)18-14-32-21(25-18)15-8-10-27(11-9-15)22(29)16-6-4-3-5-7-16/h12-16H,3-11H2,1-2H3,(H,24,28). The highest BCUT2D eigenvalue weighted by molar-refractivity contribution is 7.10. The number of anilines is 1. The summed E-state index contributed by atoms with van der Waals surface area (Å²) in [6.45, 7) is 1.53. The maximum atomic E-state index is 12.8. The van der Waals surface area contributed by atoms with Crippen molar-refractivity contribution in [1.82, 2.24) is 14.5 Å². The summed E-state index contributed by atoms with van der Waals surface area (Å²) in [5.74, 6) is 0.0565. The lowest BCUT2D eigenvalue weighted by Gasteiger charge is -2.34. The minimum absolute atomic E-state index is 0.216. The number of esters is 1. The summed E-state index contributed by atoms with van der Waals surface area (Å²) in [7, 11) is 3.04. The molecule has 1 N–H and O–H groups in total. The first kappa shape index (κ1) is 22.5. The average Bonchev–Trinajstić information content (AvgIpc) is 3.46. The lowest BCUT2D eigenvalue weighted by Crippen LogP contribution is -2.41. The summed E-state index contributed by atoms with van der Waals surface area (Å²) in [5.41, 5.74) is 1.24. The summed E-state index contributed by atoms with van der Waals surface area (Å²) in [4.78, 5) is 43.8. The molecule has 172 valence electrons. The van der Waals surface area contributed by atoms with E-state index in [2.05, 4.69) is 10.3 Å². The fraction of sp³-hybridized carbons (Fsp3) is 0.565. The van der Waals surface area contributed by atoms with Gasteiger partial charge in [-0.2, -0.15) is 0 Å². The monoisotopic (exact) mass is 458 g/mol. The Balaban J connectivity index is 1.32. The number of nitrogens with one attached hydrogen (secondary N) is 1. The van der Waals surface area contributed by atoms with Crippen LogP contribution in [-0.2, 0) is 16.6 Å². The van der Waals surface area contributed by atoms with Gasteiger partial charge in [0.1, 0.15) is 11.4 Å². The van der Waals surface area contributed by atoms with E-state index in [-0.39, 0.29) is 17.7 Å². The number of nitrogens with zero attached hydrogens (tertiary/aromatic N) is 3. The molecule has 0 bridgehead atoms. The van der Waals surface area contributed by atoms with Gasteiger partial charge in [0.15, 0.2) is 0 Å². The number of rotatable bonds is 5. The number of thiazole rings is 1. The Morgan fingerprint density at radius 1 is 1.12 bits per heavy atom. The lowest BCUT2D eigenvalue weighted by atomic mass is 9.87. The van der Waals surface area contributed by atoms with E-state index in [1.165, 1.54) is 37.7 Å². The van der Waals surface area contributed by atoms with Crippen molar-refractivity contribution in [3.8, 4) is 0 Å². The summed E-state index contributed by atoms with van der Waals surface area (Å²) < 4.78 is 6.35. The summed E-state index contributed by atoms with van der Waals surface area (Å²) in [6, 6.07) is 1.58. The van der Waals surface area contributed by atoms with Crippen molar-refractivity contribution in [3.63, 3.8) is 0 Å². The van der Waals surface area contributed by atoms with Crippen molar-refractivity contribution < 1.29 is 19.1 Å². The number of aromatic nitrogens is 2. The number of carbonyl (C=O) groups is 3. The third-order valence-electron chi connectivity index (χ3n) is 6.52. The minimum atomic E-state index is -0.461. The van der Waals surface area contributed by atoms with Crippen LogP contribution in [0.2, 0.25) is 0 Å². The number of amides is 2. The fourth-order valence-corrected chi connectivity index (χ4v) is 5.64. The van der Waals surface area contributed by atoms with Gasteiger partial charge in [0, 0.05) is 43.5 Å². The molecule has 2 amide bonds. The minimum Gasteiger partial charge on any atom is -0.464 e. The number of ether oxygens (including phenoxy) is 1. The Hall–Kier alpha value is -2.68. The van der Waals surface area contributed by atoms with Crippen LogP contribution >= 0.6 is 11.3 Å². The van der Waals surface area contributed by atoms with Crippen LogP contribution in [0.25, 0.3) is 0 Å². The van der Waals surface area contributed by atoms with Crippen LogP contribution in [0.5, 0.6) is 0 Å². The zero-order chi connectivity index (χ0) is 22.7. The third kappa shape index (κ3) is 4.87. The molecule has 0 unspecified atom stereocenters. The Labute approximate surface area is 192 Å². The quantitative estimate of drug-likeness (QED) is 0.688. The topological polar surface area (TPSA) is 93.5 Å². The molecule has 2 aromatic heterocycles. The maximum Gasteiger partial charge on any atom is 0.354 e. The molecule has 32 heavy (non-hydrogen) atoms. The van der Waals surface area contributed by atoms with Crippen LogP contribution in [-0.4, -0.2) is 52.4 Å². The van der Waals surface area contributed by atoms with Crippen molar-refractivity contribution in [3.05, 3.63) is 34.0 Å². The first-order valence-corrected chi connectivity index (χ1v) is 12.1. The molecule has 4 rings (SSSR count).